The Morgan fingerprint density at radius 2 is 1.68 bits per heavy atom. The number of benzene rings is 1. The van der Waals surface area contributed by atoms with Gasteiger partial charge >= 0.3 is 0 Å². The molecular formula is C15H16F2N4O. The molecule has 0 aliphatic heterocycles. The van der Waals surface area contributed by atoms with Crippen LogP contribution < -0.4 is 5.32 Å². The van der Waals surface area contributed by atoms with Crippen molar-refractivity contribution in [1.29, 1.82) is 0 Å². The Hall–Kier alpha value is -2.57. The van der Waals surface area contributed by atoms with E-state index in [0.29, 0.717) is 18.7 Å². The van der Waals surface area contributed by atoms with Gasteiger partial charge in [0.15, 0.2) is 0 Å². The van der Waals surface area contributed by atoms with E-state index < -0.39 is 11.6 Å². The van der Waals surface area contributed by atoms with E-state index in [4.69, 9.17) is 0 Å². The summed E-state index contributed by atoms with van der Waals surface area (Å²) in [6, 6.07) is 3.52. The molecule has 0 saturated carbocycles. The first-order valence-electron chi connectivity index (χ1n) is 6.89. The van der Waals surface area contributed by atoms with Crippen molar-refractivity contribution in [2.75, 3.05) is 18.4 Å². The van der Waals surface area contributed by atoms with E-state index in [9.17, 15) is 13.6 Å². The molecule has 2 rings (SSSR count). The number of nitrogens with zero attached hydrogens (tertiary/aromatic N) is 3. The number of anilines is 2. The fraction of sp³-hybridized carbons (Fsp3) is 0.267. The van der Waals surface area contributed by atoms with E-state index in [1.54, 1.807) is 4.90 Å². The number of aromatic nitrogens is 2. The van der Waals surface area contributed by atoms with Crippen LogP contribution in [0.15, 0.2) is 30.6 Å². The van der Waals surface area contributed by atoms with Crippen LogP contribution in [0.3, 0.4) is 0 Å². The lowest BCUT2D eigenvalue weighted by atomic mass is 10.3. The Labute approximate surface area is 127 Å². The smallest absolute Gasteiger partial charge is 0.256 e. The normalized spacial score (nSPS) is 10.4. The van der Waals surface area contributed by atoms with Gasteiger partial charge in [-0.2, -0.15) is 0 Å². The molecule has 2 aromatic rings. The number of hydrogen-bond acceptors (Lipinski definition) is 4. The minimum Gasteiger partial charge on any atom is -0.339 e. The lowest BCUT2D eigenvalue weighted by Gasteiger charge is -2.18. The molecule has 0 aliphatic rings. The number of carbonyl (C=O) groups is 1. The highest BCUT2D eigenvalue weighted by Gasteiger charge is 2.14. The molecule has 22 heavy (non-hydrogen) atoms. The topological polar surface area (TPSA) is 58.1 Å². The number of rotatable bonds is 5. The first-order valence-corrected chi connectivity index (χ1v) is 6.89. The minimum absolute atomic E-state index is 0.0140. The number of nitrogens with one attached hydrogen (secondary N) is 1. The van der Waals surface area contributed by atoms with E-state index in [1.165, 1.54) is 18.5 Å². The number of halogens is 2. The minimum atomic E-state index is -0.744. The van der Waals surface area contributed by atoms with Gasteiger partial charge in [-0.3, -0.25) is 4.79 Å². The molecule has 0 spiro atoms. The Morgan fingerprint density at radius 1 is 1.14 bits per heavy atom. The van der Waals surface area contributed by atoms with Crippen molar-refractivity contribution in [1.82, 2.24) is 14.9 Å². The summed E-state index contributed by atoms with van der Waals surface area (Å²) in [7, 11) is 0. The highest BCUT2D eigenvalue weighted by atomic mass is 19.1. The Kier molecular flexibility index (Phi) is 4.98. The van der Waals surface area contributed by atoms with Gasteiger partial charge in [-0.1, -0.05) is 6.07 Å². The Bertz CT molecular complexity index is 637. The first-order chi connectivity index (χ1) is 10.6. The van der Waals surface area contributed by atoms with Crippen LogP contribution in [0.2, 0.25) is 0 Å². The molecule has 1 aromatic carbocycles. The largest absolute Gasteiger partial charge is 0.339 e. The molecule has 1 N–H and O–H groups in total. The molecule has 1 aromatic heterocycles. The van der Waals surface area contributed by atoms with Gasteiger partial charge in [0, 0.05) is 25.5 Å². The van der Waals surface area contributed by atoms with Crippen LogP contribution >= 0.6 is 0 Å². The second-order valence-corrected chi connectivity index (χ2v) is 4.49. The molecule has 0 atom stereocenters. The van der Waals surface area contributed by atoms with E-state index >= 15 is 0 Å². The molecule has 0 radical (unpaired) electrons. The van der Waals surface area contributed by atoms with Gasteiger partial charge in [0.25, 0.3) is 5.91 Å². The zero-order valence-electron chi connectivity index (χ0n) is 12.3. The second kappa shape index (κ2) is 6.93. The third kappa shape index (κ3) is 3.36. The molecule has 0 saturated heterocycles. The van der Waals surface area contributed by atoms with Crippen molar-refractivity contribution in [2.45, 2.75) is 13.8 Å². The fourth-order valence-corrected chi connectivity index (χ4v) is 1.93. The number of amides is 1. The van der Waals surface area contributed by atoms with Gasteiger partial charge in [0.1, 0.15) is 17.3 Å². The molecule has 7 heteroatoms. The summed E-state index contributed by atoms with van der Waals surface area (Å²) >= 11 is 0. The van der Waals surface area contributed by atoms with Crippen LogP contribution in [0.5, 0.6) is 0 Å². The van der Waals surface area contributed by atoms with Crippen molar-refractivity contribution in [2.24, 2.45) is 0 Å². The molecule has 0 bridgehead atoms. The summed E-state index contributed by atoms with van der Waals surface area (Å²) in [5, 5.41) is 2.47. The van der Waals surface area contributed by atoms with Crippen LogP contribution in [0.1, 0.15) is 24.2 Å². The molecule has 5 nitrogen and oxygen atoms in total. The molecule has 1 amide bonds. The predicted octanol–water partition coefficient (Wildman–Crippen LogP) is 2.98. The van der Waals surface area contributed by atoms with Crippen molar-refractivity contribution >= 4 is 17.5 Å². The molecule has 0 fully saturated rings. The summed E-state index contributed by atoms with van der Waals surface area (Å²) in [5.41, 5.74) is -0.00595. The van der Waals surface area contributed by atoms with E-state index in [-0.39, 0.29) is 17.5 Å². The van der Waals surface area contributed by atoms with Gasteiger partial charge < -0.3 is 10.2 Å². The molecule has 1 heterocycles. The Balaban J connectivity index is 2.17. The summed E-state index contributed by atoms with van der Waals surface area (Å²) < 4.78 is 27.0. The highest BCUT2D eigenvalue weighted by Crippen LogP contribution is 2.21. The second-order valence-electron chi connectivity index (χ2n) is 4.49. The predicted molar refractivity (Wildman–Crippen MR) is 78.9 cm³/mol. The molecular weight excluding hydrogens is 290 g/mol. The Morgan fingerprint density at radius 3 is 2.18 bits per heavy atom. The number of hydrogen-bond donors (Lipinski definition) is 1. The van der Waals surface area contributed by atoms with Crippen molar-refractivity contribution in [3.05, 3.63) is 47.8 Å². The molecule has 116 valence electrons. The lowest BCUT2D eigenvalue weighted by Crippen LogP contribution is -2.30. The fourth-order valence-electron chi connectivity index (χ4n) is 1.93. The quantitative estimate of drug-likeness (QED) is 0.922. The van der Waals surface area contributed by atoms with Gasteiger partial charge in [-0.15, -0.1) is 0 Å². The van der Waals surface area contributed by atoms with Crippen LogP contribution in [-0.4, -0.2) is 33.9 Å². The van der Waals surface area contributed by atoms with Gasteiger partial charge in [-0.25, -0.2) is 18.7 Å². The zero-order chi connectivity index (χ0) is 16.1. The van der Waals surface area contributed by atoms with Gasteiger partial charge in [-0.05, 0) is 26.0 Å². The maximum atomic E-state index is 13.5. The third-order valence-corrected chi connectivity index (χ3v) is 3.15. The summed E-state index contributed by atoms with van der Waals surface area (Å²) in [6.07, 6.45) is 2.66. The first kappa shape index (κ1) is 15.8. The van der Waals surface area contributed by atoms with Crippen molar-refractivity contribution in [3.63, 3.8) is 0 Å². The standard InChI is InChI=1S/C15H16F2N4O/c1-3-21(4-2)14(22)10-8-18-15(19-9-10)20-13-11(16)6-5-7-12(13)17/h5-9H,3-4H2,1-2H3,(H,18,19,20). The summed E-state index contributed by atoms with van der Waals surface area (Å²) in [4.78, 5) is 21.6. The zero-order valence-corrected chi connectivity index (χ0v) is 12.3. The monoisotopic (exact) mass is 306 g/mol. The van der Waals surface area contributed by atoms with Crippen LogP contribution in [0.4, 0.5) is 20.4 Å². The van der Waals surface area contributed by atoms with Gasteiger partial charge in [0.05, 0.1) is 5.56 Å². The van der Waals surface area contributed by atoms with Crippen LogP contribution in [0.25, 0.3) is 0 Å². The summed E-state index contributed by atoms with van der Waals surface area (Å²) in [5.74, 6) is -1.66. The van der Waals surface area contributed by atoms with Gasteiger partial charge in [0.2, 0.25) is 5.95 Å². The number of carbonyl (C=O) groups excluding carboxylic acids is 1. The maximum absolute atomic E-state index is 13.5. The molecule has 0 unspecified atom stereocenters. The summed E-state index contributed by atoms with van der Waals surface area (Å²) in [6.45, 7) is 4.91. The number of para-hydroxylation sites is 1. The van der Waals surface area contributed by atoms with Crippen molar-refractivity contribution < 1.29 is 13.6 Å². The van der Waals surface area contributed by atoms with E-state index in [0.717, 1.165) is 12.1 Å². The highest BCUT2D eigenvalue weighted by molar-refractivity contribution is 5.93. The van der Waals surface area contributed by atoms with E-state index in [1.807, 2.05) is 13.8 Å². The SMILES string of the molecule is CCN(CC)C(=O)c1cnc(Nc2c(F)cccc2F)nc1. The maximum Gasteiger partial charge on any atom is 0.256 e. The average Bonchev–Trinajstić information content (AvgIpc) is 2.53. The lowest BCUT2D eigenvalue weighted by molar-refractivity contribution is 0.0772. The average molecular weight is 306 g/mol. The van der Waals surface area contributed by atoms with Crippen molar-refractivity contribution in [3.8, 4) is 0 Å². The van der Waals surface area contributed by atoms with Crippen LogP contribution in [0, 0.1) is 11.6 Å². The third-order valence-electron chi connectivity index (χ3n) is 3.15. The molecule has 0 aliphatic carbocycles. The van der Waals surface area contributed by atoms with Crippen LogP contribution in [-0.2, 0) is 0 Å². The van der Waals surface area contributed by atoms with E-state index in [2.05, 4.69) is 15.3 Å².